The monoisotopic (exact) mass is 392 g/mol. The zero-order chi connectivity index (χ0) is 20.4. The highest BCUT2D eigenvalue weighted by atomic mass is 16.5. The number of hydrogen-bond acceptors (Lipinski definition) is 6. The number of fused-ring (bicyclic) bond motifs is 1. The van der Waals surface area contributed by atoms with Gasteiger partial charge in [0.05, 0.1) is 26.3 Å². The molecule has 6 heteroatoms. The molecule has 0 radical (unpaired) electrons. The summed E-state index contributed by atoms with van der Waals surface area (Å²) >= 11 is 0. The van der Waals surface area contributed by atoms with Crippen molar-refractivity contribution in [2.45, 2.75) is 32.2 Å². The number of likely N-dealkylation sites (tertiary alicyclic amines) is 1. The van der Waals surface area contributed by atoms with Gasteiger partial charge in [0, 0.05) is 18.0 Å². The van der Waals surface area contributed by atoms with Crippen molar-refractivity contribution in [3.63, 3.8) is 0 Å². The fraction of sp³-hybridized carbons (Fsp3) is 0.391. The van der Waals surface area contributed by atoms with Crippen molar-refractivity contribution in [1.29, 1.82) is 0 Å². The molecule has 2 N–H and O–H groups in total. The van der Waals surface area contributed by atoms with Crippen LogP contribution in [0.3, 0.4) is 0 Å². The quantitative estimate of drug-likeness (QED) is 0.709. The van der Waals surface area contributed by atoms with Crippen molar-refractivity contribution in [3.8, 4) is 11.5 Å². The lowest BCUT2D eigenvalue weighted by molar-refractivity contribution is 0.196. The van der Waals surface area contributed by atoms with Gasteiger partial charge < -0.3 is 15.2 Å². The Labute approximate surface area is 171 Å². The molecule has 1 saturated heterocycles. The molecule has 4 rings (SSSR count). The lowest BCUT2D eigenvalue weighted by Crippen LogP contribution is -2.34. The molecule has 29 heavy (non-hydrogen) atoms. The van der Waals surface area contributed by atoms with Gasteiger partial charge in [-0.2, -0.15) is 0 Å². The van der Waals surface area contributed by atoms with E-state index in [1.165, 1.54) is 24.0 Å². The van der Waals surface area contributed by atoms with E-state index in [9.17, 15) is 0 Å². The van der Waals surface area contributed by atoms with Gasteiger partial charge in [-0.25, -0.2) is 9.97 Å². The molecule has 1 fully saturated rings. The summed E-state index contributed by atoms with van der Waals surface area (Å²) in [5, 5.41) is 0.780. The van der Waals surface area contributed by atoms with Gasteiger partial charge in [-0.3, -0.25) is 4.90 Å². The predicted octanol–water partition coefficient (Wildman–Crippen LogP) is 3.92. The number of nitrogens with zero attached hydrogens (tertiary/aromatic N) is 3. The Hall–Kier alpha value is -2.86. The molecule has 2 aromatic carbocycles. The van der Waals surface area contributed by atoms with Gasteiger partial charge in [-0.1, -0.05) is 24.3 Å². The summed E-state index contributed by atoms with van der Waals surface area (Å²) in [6.45, 7) is 4.95. The molecule has 0 bridgehead atoms. The number of nitrogen functional groups attached to an aromatic ring is 1. The van der Waals surface area contributed by atoms with Crippen LogP contribution in [-0.2, 0) is 6.54 Å². The first-order chi connectivity index (χ1) is 14.1. The van der Waals surface area contributed by atoms with Crippen LogP contribution in [-0.4, -0.2) is 42.2 Å². The highest BCUT2D eigenvalue weighted by Crippen LogP contribution is 2.34. The number of rotatable bonds is 5. The Bertz CT molecular complexity index is 1020. The molecular weight excluding hydrogens is 364 g/mol. The van der Waals surface area contributed by atoms with Crippen LogP contribution in [0.15, 0.2) is 36.4 Å². The molecule has 0 unspecified atom stereocenters. The number of nitrogens with two attached hydrogens (primary N) is 1. The average molecular weight is 393 g/mol. The molecule has 0 aliphatic carbocycles. The van der Waals surface area contributed by atoms with E-state index in [1.54, 1.807) is 14.2 Å². The topological polar surface area (TPSA) is 73.5 Å². The molecule has 1 aliphatic rings. The number of hydrogen-bond donors (Lipinski definition) is 1. The molecule has 1 atom stereocenters. The maximum Gasteiger partial charge on any atom is 0.162 e. The second-order valence-corrected chi connectivity index (χ2v) is 7.68. The molecule has 0 amide bonds. The number of piperidine rings is 1. The van der Waals surface area contributed by atoms with E-state index < -0.39 is 0 Å². The molecule has 3 aromatic rings. The maximum atomic E-state index is 6.25. The van der Waals surface area contributed by atoms with Crippen molar-refractivity contribution in [3.05, 3.63) is 53.3 Å². The van der Waals surface area contributed by atoms with Crippen molar-refractivity contribution in [2.24, 2.45) is 0 Å². The molecule has 6 nitrogen and oxygen atoms in total. The number of aryl methyl sites for hydroxylation is 1. The van der Waals surface area contributed by atoms with Gasteiger partial charge >= 0.3 is 0 Å². The van der Waals surface area contributed by atoms with Crippen molar-refractivity contribution in [2.75, 3.05) is 33.0 Å². The first-order valence-corrected chi connectivity index (χ1v) is 10.0. The van der Waals surface area contributed by atoms with E-state index >= 15 is 0 Å². The minimum absolute atomic E-state index is 0.471. The average Bonchev–Trinajstić information content (AvgIpc) is 2.73. The van der Waals surface area contributed by atoms with Crippen LogP contribution < -0.4 is 15.2 Å². The van der Waals surface area contributed by atoms with Crippen LogP contribution in [0.2, 0.25) is 0 Å². The SMILES string of the molecule is COc1cc2nc(CN3CCC[C@@H](c4ccccc4C)C3)nc(N)c2cc1OC. The van der Waals surface area contributed by atoms with Crippen LogP contribution >= 0.6 is 0 Å². The van der Waals surface area contributed by atoms with Gasteiger partial charge in [-0.15, -0.1) is 0 Å². The highest BCUT2D eigenvalue weighted by Gasteiger charge is 2.23. The number of benzene rings is 2. The van der Waals surface area contributed by atoms with Gasteiger partial charge in [0.15, 0.2) is 11.5 Å². The Morgan fingerprint density at radius 1 is 1.10 bits per heavy atom. The Morgan fingerprint density at radius 2 is 1.86 bits per heavy atom. The summed E-state index contributed by atoms with van der Waals surface area (Å²) in [6, 6.07) is 12.4. The first-order valence-electron chi connectivity index (χ1n) is 10.0. The van der Waals surface area contributed by atoms with Gasteiger partial charge in [0.2, 0.25) is 0 Å². The molecule has 1 aliphatic heterocycles. The summed E-state index contributed by atoms with van der Waals surface area (Å²) in [6.07, 6.45) is 2.39. The van der Waals surface area contributed by atoms with Crippen molar-refractivity contribution in [1.82, 2.24) is 14.9 Å². The standard InChI is InChI=1S/C23H28N4O2/c1-15-7-4-5-9-17(15)16-8-6-10-27(13-16)14-22-25-19-12-21(29-3)20(28-2)11-18(19)23(24)26-22/h4-5,7,9,11-12,16H,6,8,10,13-14H2,1-3H3,(H2,24,25,26)/t16-/m1/s1. The highest BCUT2D eigenvalue weighted by molar-refractivity contribution is 5.90. The fourth-order valence-corrected chi connectivity index (χ4v) is 4.30. The molecule has 0 spiro atoms. The first kappa shape index (κ1) is 19.5. The molecule has 0 saturated carbocycles. The third-order valence-electron chi connectivity index (χ3n) is 5.78. The van der Waals surface area contributed by atoms with Crippen molar-refractivity contribution >= 4 is 16.7 Å². The Balaban J connectivity index is 1.58. The maximum absolute atomic E-state index is 6.25. The zero-order valence-electron chi connectivity index (χ0n) is 17.3. The van der Waals surface area contributed by atoms with E-state index in [0.717, 1.165) is 29.8 Å². The summed E-state index contributed by atoms with van der Waals surface area (Å²) in [7, 11) is 3.23. The van der Waals surface area contributed by atoms with E-state index in [1.807, 2.05) is 12.1 Å². The smallest absolute Gasteiger partial charge is 0.162 e. The van der Waals surface area contributed by atoms with Gasteiger partial charge in [0.1, 0.15) is 11.6 Å². The zero-order valence-corrected chi connectivity index (χ0v) is 17.3. The molecule has 1 aromatic heterocycles. The van der Waals surface area contributed by atoms with Gasteiger partial charge in [-0.05, 0) is 49.4 Å². The summed E-state index contributed by atoms with van der Waals surface area (Å²) in [5.74, 6) is 3.03. The lowest BCUT2D eigenvalue weighted by Gasteiger charge is -2.33. The normalized spacial score (nSPS) is 17.4. The molecule has 152 valence electrons. The van der Waals surface area contributed by atoms with Crippen LogP contribution in [0.1, 0.15) is 35.7 Å². The van der Waals surface area contributed by atoms with Crippen LogP contribution in [0, 0.1) is 6.92 Å². The van der Waals surface area contributed by atoms with Crippen LogP contribution in [0.5, 0.6) is 11.5 Å². The number of ether oxygens (including phenoxy) is 2. The summed E-state index contributed by atoms with van der Waals surface area (Å²) < 4.78 is 10.8. The summed E-state index contributed by atoms with van der Waals surface area (Å²) in [4.78, 5) is 11.8. The molecular formula is C23H28N4O2. The number of anilines is 1. The van der Waals surface area contributed by atoms with Gasteiger partial charge in [0.25, 0.3) is 0 Å². The lowest BCUT2D eigenvalue weighted by atomic mass is 9.88. The fourth-order valence-electron chi connectivity index (χ4n) is 4.30. The predicted molar refractivity (Wildman–Crippen MR) is 115 cm³/mol. The third-order valence-corrected chi connectivity index (χ3v) is 5.78. The van der Waals surface area contributed by atoms with Crippen LogP contribution in [0.25, 0.3) is 10.9 Å². The third kappa shape index (κ3) is 3.98. The number of aromatic nitrogens is 2. The van der Waals surface area contributed by atoms with Crippen LogP contribution in [0.4, 0.5) is 5.82 Å². The Kier molecular flexibility index (Phi) is 5.53. The van der Waals surface area contributed by atoms with E-state index in [2.05, 4.69) is 41.1 Å². The second-order valence-electron chi connectivity index (χ2n) is 7.68. The largest absolute Gasteiger partial charge is 0.493 e. The van der Waals surface area contributed by atoms with E-state index in [-0.39, 0.29) is 0 Å². The number of methoxy groups -OCH3 is 2. The van der Waals surface area contributed by atoms with E-state index in [0.29, 0.717) is 29.8 Å². The minimum atomic E-state index is 0.471. The second kappa shape index (κ2) is 8.25. The minimum Gasteiger partial charge on any atom is -0.493 e. The molecule has 2 heterocycles. The summed E-state index contributed by atoms with van der Waals surface area (Å²) in [5.41, 5.74) is 9.84. The van der Waals surface area contributed by atoms with E-state index in [4.69, 9.17) is 20.2 Å². The van der Waals surface area contributed by atoms with Crippen molar-refractivity contribution < 1.29 is 9.47 Å². The Morgan fingerprint density at radius 3 is 2.62 bits per heavy atom.